The van der Waals surface area contributed by atoms with Crippen molar-refractivity contribution in [2.45, 2.75) is 74.7 Å². The van der Waals surface area contributed by atoms with Crippen LogP contribution >= 0.6 is 15.8 Å². The van der Waals surface area contributed by atoms with Gasteiger partial charge in [0.25, 0.3) is 0 Å². The molecule has 0 aliphatic carbocycles. The molecule has 2 aliphatic heterocycles. The third-order valence-corrected chi connectivity index (χ3v) is 17.1. The smallest absolute Gasteiger partial charge is 0.0911 e. The van der Waals surface area contributed by atoms with Gasteiger partial charge >= 0.3 is 0 Å². The lowest BCUT2D eigenvalue weighted by Gasteiger charge is -2.31. The average molecular weight is 899 g/mol. The maximum atomic E-state index is 8.96. The lowest BCUT2D eigenvalue weighted by molar-refractivity contribution is -0.0888. The molecule has 0 spiro atoms. The molecule has 0 bridgehead atoms. The van der Waals surface area contributed by atoms with Crippen molar-refractivity contribution in [2.24, 2.45) is 0 Å². The standard InChI is InChI=1S/C42H76O16P2/c1-33-39(55-29-25-51-21-17-47-13-9-43)40(56-30-26-52-22-18-48-14-10-44)34(2)59(33)37-7-5-6-8-38(37)60-35(3)41(57-31-27-53-23-19-49-15-11-45)42(36(60)4)58-32-28-54-24-20-50-16-12-46/h5-8,33-36,39-46H,9-32H2,1-4H3/t33-,34-,35-,36-,39-,40-,41-,42+,60?/m0/s1. The summed E-state index contributed by atoms with van der Waals surface area (Å²) in [6.45, 7) is 17.0. The first kappa shape index (κ1) is 53.8. The monoisotopic (exact) mass is 898 g/mol. The van der Waals surface area contributed by atoms with Crippen LogP contribution in [0, 0.1) is 0 Å². The predicted molar refractivity (Wildman–Crippen MR) is 231 cm³/mol. The number of hydrogen-bond donors (Lipinski definition) is 4. The quantitative estimate of drug-likeness (QED) is 0.0545. The molecule has 2 fully saturated rings. The minimum absolute atomic E-state index is 0.0151. The first-order valence-electron chi connectivity index (χ1n) is 21.6. The Morgan fingerprint density at radius 3 is 0.750 bits per heavy atom. The summed E-state index contributed by atoms with van der Waals surface area (Å²) in [5, 5.41) is 38.6. The van der Waals surface area contributed by atoms with E-state index in [0.717, 1.165) is 0 Å². The molecule has 0 radical (unpaired) electrons. The number of aliphatic hydroxyl groups excluding tert-OH is 4. The maximum absolute atomic E-state index is 8.96. The summed E-state index contributed by atoms with van der Waals surface area (Å²) < 4.78 is 70.9. The molecule has 2 saturated heterocycles. The van der Waals surface area contributed by atoms with Crippen molar-refractivity contribution in [1.29, 1.82) is 0 Å². The van der Waals surface area contributed by atoms with E-state index in [2.05, 4.69) is 52.0 Å². The van der Waals surface area contributed by atoms with Crippen molar-refractivity contribution >= 4 is 26.5 Å². The van der Waals surface area contributed by atoms with Crippen LogP contribution in [0.4, 0.5) is 0 Å². The van der Waals surface area contributed by atoms with E-state index in [9.17, 15) is 0 Å². The highest BCUT2D eigenvalue weighted by molar-refractivity contribution is 7.73. The van der Waals surface area contributed by atoms with Gasteiger partial charge in [-0.25, -0.2) is 0 Å². The van der Waals surface area contributed by atoms with E-state index in [-0.39, 0.29) is 73.5 Å². The van der Waals surface area contributed by atoms with Crippen LogP contribution in [0.3, 0.4) is 0 Å². The number of benzene rings is 1. The number of ether oxygens (including phenoxy) is 12. The average Bonchev–Trinajstić information content (AvgIpc) is 3.63. The fraction of sp³-hybridized carbons (Fsp3) is 0.857. The Morgan fingerprint density at radius 1 is 0.333 bits per heavy atom. The summed E-state index contributed by atoms with van der Waals surface area (Å²) in [6, 6.07) is 8.92. The molecule has 4 N–H and O–H groups in total. The van der Waals surface area contributed by atoms with Crippen molar-refractivity contribution in [1.82, 2.24) is 0 Å². The molecule has 60 heavy (non-hydrogen) atoms. The Hall–Kier alpha value is -0.560. The van der Waals surface area contributed by atoms with E-state index in [1.165, 1.54) is 10.6 Å². The second kappa shape index (κ2) is 33.9. The van der Waals surface area contributed by atoms with Gasteiger partial charge in [0.05, 0.1) is 183 Å². The largest absolute Gasteiger partial charge is 0.394 e. The summed E-state index contributed by atoms with van der Waals surface area (Å²) in [5.74, 6) is 0. The van der Waals surface area contributed by atoms with Gasteiger partial charge in [-0.15, -0.1) is 0 Å². The second-order valence-corrected chi connectivity index (χ2v) is 20.3. The molecular weight excluding hydrogens is 822 g/mol. The second-order valence-electron chi connectivity index (χ2n) is 14.4. The van der Waals surface area contributed by atoms with Crippen LogP contribution < -0.4 is 10.6 Å². The van der Waals surface area contributed by atoms with E-state index in [1.807, 2.05) is 0 Å². The van der Waals surface area contributed by atoms with Gasteiger partial charge in [0.2, 0.25) is 0 Å². The minimum Gasteiger partial charge on any atom is -0.394 e. The molecular formula is C42H76O16P2. The van der Waals surface area contributed by atoms with Crippen molar-refractivity contribution < 1.29 is 77.3 Å². The van der Waals surface area contributed by atoms with Crippen LogP contribution in [-0.4, -0.2) is 226 Å². The zero-order chi connectivity index (χ0) is 43.2. The molecule has 0 aromatic heterocycles. The van der Waals surface area contributed by atoms with E-state index < -0.39 is 15.8 Å². The van der Waals surface area contributed by atoms with Crippen LogP contribution in [0.5, 0.6) is 0 Å². The van der Waals surface area contributed by atoms with Gasteiger partial charge in [-0.2, -0.15) is 0 Å². The van der Waals surface area contributed by atoms with Crippen molar-refractivity contribution in [3.8, 4) is 0 Å². The summed E-state index contributed by atoms with van der Waals surface area (Å²) >= 11 is 0. The van der Waals surface area contributed by atoms with E-state index in [0.29, 0.717) is 132 Å². The molecule has 1 unspecified atom stereocenters. The van der Waals surface area contributed by atoms with Crippen LogP contribution in [-0.2, 0) is 56.8 Å². The van der Waals surface area contributed by atoms with Crippen LogP contribution in [0.2, 0.25) is 0 Å². The van der Waals surface area contributed by atoms with Gasteiger partial charge in [-0.05, 0) is 10.6 Å². The van der Waals surface area contributed by atoms with Crippen molar-refractivity contribution in [2.75, 3.05) is 159 Å². The van der Waals surface area contributed by atoms with Gasteiger partial charge < -0.3 is 77.3 Å². The first-order chi connectivity index (χ1) is 29.4. The maximum Gasteiger partial charge on any atom is 0.0911 e. The van der Waals surface area contributed by atoms with Crippen LogP contribution in [0.1, 0.15) is 27.7 Å². The molecule has 2 aliphatic rings. The summed E-state index contributed by atoms with van der Waals surface area (Å²) in [6.07, 6.45) is -0.601. The Bertz CT molecular complexity index is 1030. The SMILES string of the molecule is C[C@H]1[C@H](OCCOCCOCCO)[C@@H](OCCOCCOCCO)[C@H](C)P1c1ccccc1P1[C@@H](C)[C@H](OCCOCCOCCO)[C@H](OCCOCCOCCO)[C@@H]1C. The normalized spacial score (nSPS) is 25.8. The van der Waals surface area contributed by atoms with Crippen LogP contribution in [0.25, 0.3) is 0 Å². The molecule has 18 heteroatoms. The molecule has 1 aromatic rings. The summed E-state index contributed by atoms with van der Waals surface area (Å²) in [4.78, 5) is 0. The topological polar surface area (TPSA) is 192 Å². The third kappa shape index (κ3) is 18.9. The zero-order valence-corrected chi connectivity index (χ0v) is 38.3. The Labute approximate surface area is 360 Å². The fourth-order valence-electron chi connectivity index (χ4n) is 7.71. The van der Waals surface area contributed by atoms with Crippen molar-refractivity contribution in [3.63, 3.8) is 0 Å². The van der Waals surface area contributed by atoms with Gasteiger partial charge in [0.1, 0.15) is 0 Å². The van der Waals surface area contributed by atoms with Crippen molar-refractivity contribution in [3.05, 3.63) is 24.3 Å². The van der Waals surface area contributed by atoms with E-state index in [4.69, 9.17) is 77.3 Å². The van der Waals surface area contributed by atoms with Gasteiger partial charge in [0, 0.05) is 22.6 Å². The predicted octanol–water partition coefficient (Wildman–Crippen LogP) is 1.13. The molecule has 9 atom stereocenters. The third-order valence-electron chi connectivity index (χ3n) is 10.3. The Balaban J connectivity index is 1.76. The summed E-state index contributed by atoms with van der Waals surface area (Å²) in [7, 11) is -1.48. The van der Waals surface area contributed by atoms with Crippen LogP contribution in [0.15, 0.2) is 24.3 Å². The minimum atomic E-state index is -0.738. The zero-order valence-electron chi connectivity index (χ0n) is 36.5. The van der Waals surface area contributed by atoms with E-state index in [1.54, 1.807) is 0 Å². The molecule has 16 nitrogen and oxygen atoms in total. The first-order valence-corrected chi connectivity index (χ1v) is 24.6. The number of rotatable bonds is 38. The highest BCUT2D eigenvalue weighted by Gasteiger charge is 2.52. The molecule has 350 valence electrons. The van der Waals surface area contributed by atoms with E-state index >= 15 is 0 Å². The Kier molecular flexibility index (Phi) is 30.4. The highest BCUT2D eigenvalue weighted by atomic mass is 31.1. The molecule has 0 amide bonds. The molecule has 0 saturated carbocycles. The fourth-order valence-corrected chi connectivity index (χ4v) is 15.1. The lowest BCUT2D eigenvalue weighted by Crippen LogP contribution is -2.37. The lowest BCUT2D eigenvalue weighted by atomic mass is 10.1. The summed E-state index contributed by atoms with van der Waals surface area (Å²) in [5.41, 5.74) is 0.782. The number of hydrogen-bond acceptors (Lipinski definition) is 16. The molecule has 3 rings (SSSR count). The van der Waals surface area contributed by atoms with Gasteiger partial charge in [-0.3, -0.25) is 0 Å². The van der Waals surface area contributed by atoms with Gasteiger partial charge in [0.15, 0.2) is 0 Å². The van der Waals surface area contributed by atoms with Gasteiger partial charge in [-0.1, -0.05) is 67.8 Å². The molecule has 2 heterocycles. The molecule has 1 aromatic carbocycles. The Morgan fingerprint density at radius 2 is 0.533 bits per heavy atom. The number of aliphatic hydroxyl groups is 4. The highest BCUT2D eigenvalue weighted by Crippen LogP contribution is 2.60.